The van der Waals surface area contributed by atoms with E-state index in [0.29, 0.717) is 13.0 Å². The van der Waals surface area contributed by atoms with Crippen LogP contribution in [0.25, 0.3) is 0 Å². The Morgan fingerprint density at radius 1 is 1.19 bits per heavy atom. The molecule has 0 amide bonds. The maximum atomic E-state index is 13.7. The Kier molecular flexibility index (Phi) is 4.48. The minimum Gasteiger partial charge on any atom is -0.309 e. The van der Waals surface area contributed by atoms with Crippen molar-refractivity contribution < 1.29 is 4.39 Å². The van der Waals surface area contributed by atoms with Gasteiger partial charge in [-0.05, 0) is 33.3 Å². The molecule has 2 heteroatoms. The van der Waals surface area contributed by atoms with Crippen LogP contribution in [0, 0.1) is 6.92 Å². The third-order valence-corrected chi connectivity index (χ3v) is 2.43. The summed E-state index contributed by atoms with van der Waals surface area (Å²) in [5.41, 5.74) is 2.26. The van der Waals surface area contributed by atoms with Gasteiger partial charge in [-0.3, -0.25) is 0 Å². The molecule has 1 nitrogen and oxygen atoms in total. The van der Waals surface area contributed by atoms with Crippen LogP contribution < -0.4 is 5.32 Å². The Hall–Kier alpha value is -0.890. The van der Waals surface area contributed by atoms with Gasteiger partial charge in [0.05, 0.1) is 0 Å². The second-order valence-corrected chi connectivity index (χ2v) is 5.42. The Morgan fingerprint density at radius 2 is 1.75 bits per heavy atom. The van der Waals surface area contributed by atoms with Crippen molar-refractivity contribution in [1.82, 2.24) is 5.32 Å². The summed E-state index contributed by atoms with van der Waals surface area (Å²) in [5, 5.41) is 3.18. The monoisotopic (exact) mass is 223 g/mol. The first kappa shape index (κ1) is 13.2. The standard InChI is InChI=1S/C14H22FN/c1-11-5-7-12(8-6-11)9-13(15)10-16-14(2,3)4/h5-8,13,16H,9-10H2,1-4H3. The maximum Gasteiger partial charge on any atom is 0.117 e. The van der Waals surface area contributed by atoms with Gasteiger partial charge in [0.25, 0.3) is 0 Å². The van der Waals surface area contributed by atoms with Gasteiger partial charge in [0.2, 0.25) is 0 Å². The molecule has 0 fully saturated rings. The lowest BCUT2D eigenvalue weighted by Gasteiger charge is -2.22. The fraction of sp³-hybridized carbons (Fsp3) is 0.571. The highest BCUT2D eigenvalue weighted by atomic mass is 19.1. The topological polar surface area (TPSA) is 12.0 Å². The van der Waals surface area contributed by atoms with Crippen LogP contribution in [-0.2, 0) is 6.42 Å². The summed E-state index contributed by atoms with van der Waals surface area (Å²) in [5.74, 6) is 0. The molecule has 1 atom stereocenters. The van der Waals surface area contributed by atoms with Gasteiger partial charge in [0.15, 0.2) is 0 Å². The number of aryl methyl sites for hydroxylation is 1. The fourth-order valence-electron chi connectivity index (χ4n) is 1.47. The molecule has 0 aliphatic carbocycles. The number of halogens is 1. The minimum absolute atomic E-state index is 0.0163. The summed E-state index contributed by atoms with van der Waals surface area (Å²) in [6.45, 7) is 8.60. The minimum atomic E-state index is -0.818. The van der Waals surface area contributed by atoms with E-state index in [1.165, 1.54) is 5.56 Å². The molecule has 1 unspecified atom stereocenters. The highest BCUT2D eigenvalue weighted by molar-refractivity contribution is 5.21. The number of hydrogen-bond acceptors (Lipinski definition) is 1. The molecule has 0 spiro atoms. The van der Waals surface area contributed by atoms with Crippen molar-refractivity contribution in [3.63, 3.8) is 0 Å². The molecule has 0 heterocycles. The van der Waals surface area contributed by atoms with Crippen LogP contribution >= 0.6 is 0 Å². The zero-order chi connectivity index (χ0) is 12.2. The smallest absolute Gasteiger partial charge is 0.117 e. The predicted molar refractivity (Wildman–Crippen MR) is 67.5 cm³/mol. The lowest BCUT2D eigenvalue weighted by molar-refractivity contribution is 0.284. The molecular weight excluding hydrogens is 201 g/mol. The molecule has 0 aliphatic heterocycles. The van der Waals surface area contributed by atoms with Crippen molar-refractivity contribution in [2.75, 3.05) is 6.54 Å². The molecule has 0 saturated heterocycles. The van der Waals surface area contributed by atoms with Gasteiger partial charge in [0.1, 0.15) is 6.17 Å². The van der Waals surface area contributed by atoms with Crippen molar-refractivity contribution in [3.05, 3.63) is 35.4 Å². The largest absolute Gasteiger partial charge is 0.309 e. The van der Waals surface area contributed by atoms with E-state index in [1.807, 2.05) is 52.0 Å². The van der Waals surface area contributed by atoms with Crippen LogP contribution in [-0.4, -0.2) is 18.3 Å². The number of rotatable bonds is 4. The highest BCUT2D eigenvalue weighted by Crippen LogP contribution is 2.08. The van der Waals surface area contributed by atoms with Gasteiger partial charge >= 0.3 is 0 Å². The molecule has 90 valence electrons. The van der Waals surface area contributed by atoms with Crippen LogP contribution in [0.2, 0.25) is 0 Å². The first-order valence-electron chi connectivity index (χ1n) is 5.81. The zero-order valence-corrected chi connectivity index (χ0v) is 10.7. The van der Waals surface area contributed by atoms with E-state index < -0.39 is 6.17 Å². The van der Waals surface area contributed by atoms with Crippen molar-refractivity contribution in [2.24, 2.45) is 0 Å². The number of benzene rings is 1. The third-order valence-electron chi connectivity index (χ3n) is 2.43. The first-order valence-corrected chi connectivity index (χ1v) is 5.81. The summed E-state index contributed by atoms with van der Waals surface area (Å²) in [7, 11) is 0. The molecule has 0 aliphatic rings. The number of hydrogen-bond donors (Lipinski definition) is 1. The van der Waals surface area contributed by atoms with Crippen molar-refractivity contribution in [3.8, 4) is 0 Å². The Balaban J connectivity index is 2.39. The summed E-state index contributed by atoms with van der Waals surface area (Å²) in [6.07, 6.45) is -0.328. The summed E-state index contributed by atoms with van der Waals surface area (Å²) in [4.78, 5) is 0. The summed E-state index contributed by atoms with van der Waals surface area (Å²) >= 11 is 0. The third kappa shape index (κ3) is 5.26. The normalized spacial score (nSPS) is 13.8. The lowest BCUT2D eigenvalue weighted by atomic mass is 10.1. The van der Waals surface area contributed by atoms with Crippen molar-refractivity contribution in [1.29, 1.82) is 0 Å². The highest BCUT2D eigenvalue weighted by Gasteiger charge is 2.13. The van der Waals surface area contributed by atoms with Gasteiger partial charge in [-0.15, -0.1) is 0 Å². The van der Waals surface area contributed by atoms with Crippen LogP contribution in [0.15, 0.2) is 24.3 Å². The van der Waals surface area contributed by atoms with Crippen molar-refractivity contribution in [2.45, 2.75) is 45.8 Å². The van der Waals surface area contributed by atoms with Crippen LogP contribution in [0.1, 0.15) is 31.9 Å². The van der Waals surface area contributed by atoms with Gasteiger partial charge in [0, 0.05) is 18.5 Å². The maximum absolute atomic E-state index is 13.7. The summed E-state index contributed by atoms with van der Waals surface area (Å²) in [6, 6.07) is 8.05. The first-order chi connectivity index (χ1) is 7.37. The van der Waals surface area contributed by atoms with E-state index in [1.54, 1.807) is 0 Å². The Bertz CT molecular complexity index is 311. The number of nitrogens with one attached hydrogen (secondary N) is 1. The average molecular weight is 223 g/mol. The molecule has 1 N–H and O–H groups in total. The molecule has 1 rings (SSSR count). The Morgan fingerprint density at radius 3 is 2.25 bits per heavy atom. The Labute approximate surface area is 98.1 Å². The molecule has 1 aromatic carbocycles. The molecule has 1 aromatic rings. The quantitative estimate of drug-likeness (QED) is 0.826. The fourth-order valence-corrected chi connectivity index (χ4v) is 1.47. The molecule has 16 heavy (non-hydrogen) atoms. The van der Waals surface area contributed by atoms with E-state index >= 15 is 0 Å². The van der Waals surface area contributed by atoms with Gasteiger partial charge < -0.3 is 5.32 Å². The van der Waals surface area contributed by atoms with E-state index in [9.17, 15) is 4.39 Å². The SMILES string of the molecule is Cc1ccc(CC(F)CNC(C)(C)C)cc1. The molecular formula is C14H22FN. The van der Waals surface area contributed by atoms with Crippen LogP contribution in [0.3, 0.4) is 0 Å². The van der Waals surface area contributed by atoms with E-state index in [0.717, 1.165) is 5.56 Å². The van der Waals surface area contributed by atoms with Crippen LogP contribution in [0.5, 0.6) is 0 Å². The van der Waals surface area contributed by atoms with E-state index in [-0.39, 0.29) is 5.54 Å². The second kappa shape index (κ2) is 5.44. The van der Waals surface area contributed by atoms with E-state index in [4.69, 9.17) is 0 Å². The van der Waals surface area contributed by atoms with Crippen molar-refractivity contribution >= 4 is 0 Å². The predicted octanol–water partition coefficient (Wildman–Crippen LogP) is 3.26. The van der Waals surface area contributed by atoms with Gasteiger partial charge in [-0.1, -0.05) is 29.8 Å². The van der Waals surface area contributed by atoms with Gasteiger partial charge in [-0.2, -0.15) is 0 Å². The molecule has 0 bridgehead atoms. The van der Waals surface area contributed by atoms with E-state index in [2.05, 4.69) is 5.32 Å². The second-order valence-electron chi connectivity index (χ2n) is 5.42. The zero-order valence-electron chi connectivity index (χ0n) is 10.7. The number of alkyl halides is 1. The average Bonchev–Trinajstić information content (AvgIpc) is 2.18. The molecule has 0 saturated carbocycles. The summed E-state index contributed by atoms with van der Waals surface area (Å²) < 4.78 is 13.7. The lowest BCUT2D eigenvalue weighted by Crippen LogP contribution is -2.40. The molecule has 0 radical (unpaired) electrons. The van der Waals surface area contributed by atoms with Crippen LogP contribution in [0.4, 0.5) is 4.39 Å². The molecule has 0 aromatic heterocycles. The van der Waals surface area contributed by atoms with Gasteiger partial charge in [-0.25, -0.2) is 4.39 Å².